The third-order valence-electron chi connectivity index (χ3n) is 5.16. The van der Waals surface area contributed by atoms with Crippen LogP contribution in [0, 0.1) is 5.82 Å². The Morgan fingerprint density at radius 2 is 1.77 bits per heavy atom. The van der Waals surface area contributed by atoms with Gasteiger partial charge in [0.05, 0.1) is 11.6 Å². The maximum Gasteiger partial charge on any atom is 0.416 e. The Morgan fingerprint density at radius 3 is 2.43 bits per heavy atom. The van der Waals surface area contributed by atoms with Crippen molar-refractivity contribution in [2.24, 2.45) is 0 Å². The molecule has 0 spiro atoms. The maximum absolute atomic E-state index is 13.6. The highest BCUT2D eigenvalue weighted by molar-refractivity contribution is 6.31. The summed E-state index contributed by atoms with van der Waals surface area (Å²) in [5, 5.41) is 3.89. The van der Waals surface area contributed by atoms with Crippen molar-refractivity contribution in [2.75, 3.05) is 0 Å². The summed E-state index contributed by atoms with van der Waals surface area (Å²) in [5.41, 5.74) is -0.767. The molecule has 0 N–H and O–H groups in total. The molecule has 0 radical (unpaired) electrons. The quantitative estimate of drug-likeness (QED) is 0.334. The molecular formula is C23H17ClF4N6O. The van der Waals surface area contributed by atoms with Crippen LogP contribution < -0.4 is 0 Å². The number of carbonyl (C=O) groups is 1. The van der Waals surface area contributed by atoms with Crippen LogP contribution in [-0.2, 0) is 12.7 Å². The van der Waals surface area contributed by atoms with Gasteiger partial charge in [-0.1, -0.05) is 23.7 Å². The highest BCUT2D eigenvalue weighted by Crippen LogP contribution is 2.33. The fourth-order valence-corrected chi connectivity index (χ4v) is 3.68. The highest BCUT2D eigenvalue weighted by Gasteiger charge is 2.33. The summed E-state index contributed by atoms with van der Waals surface area (Å²) in [6, 6.07) is 8.87. The van der Waals surface area contributed by atoms with Crippen LogP contribution in [0.2, 0.25) is 5.02 Å². The molecule has 7 nitrogen and oxygen atoms in total. The molecule has 0 saturated heterocycles. The summed E-state index contributed by atoms with van der Waals surface area (Å²) < 4.78 is 54.9. The van der Waals surface area contributed by atoms with E-state index in [4.69, 9.17) is 11.6 Å². The number of hydrogen-bond donors (Lipinski definition) is 0. The zero-order valence-electron chi connectivity index (χ0n) is 18.1. The first-order chi connectivity index (χ1) is 16.6. The number of hydrogen-bond acceptors (Lipinski definition) is 5. The van der Waals surface area contributed by atoms with E-state index in [1.165, 1.54) is 52.6 Å². The van der Waals surface area contributed by atoms with E-state index in [1.54, 1.807) is 13.0 Å². The van der Waals surface area contributed by atoms with Crippen LogP contribution >= 0.6 is 11.6 Å². The SMILES string of the molecule is CC(c1ncnn1-c1ncccn1)N(Cc1ccc(F)cc1)C(=O)c1cc(Cl)cc(C(F)(F)F)c1. The molecule has 2 heterocycles. The van der Waals surface area contributed by atoms with Gasteiger partial charge >= 0.3 is 6.18 Å². The van der Waals surface area contributed by atoms with Crippen molar-refractivity contribution >= 4 is 17.5 Å². The maximum atomic E-state index is 13.6. The number of alkyl halides is 3. The van der Waals surface area contributed by atoms with Gasteiger partial charge < -0.3 is 4.90 Å². The minimum Gasteiger partial charge on any atom is -0.324 e. The Balaban J connectivity index is 1.77. The van der Waals surface area contributed by atoms with Gasteiger partial charge in [-0.2, -0.15) is 23.0 Å². The molecule has 12 heteroatoms. The molecule has 4 rings (SSSR count). The van der Waals surface area contributed by atoms with E-state index in [1.807, 2.05) is 0 Å². The van der Waals surface area contributed by atoms with Crippen LogP contribution in [0.25, 0.3) is 5.95 Å². The fourth-order valence-electron chi connectivity index (χ4n) is 3.44. The molecule has 0 aliphatic carbocycles. The first-order valence-corrected chi connectivity index (χ1v) is 10.6. The molecule has 1 atom stereocenters. The van der Waals surface area contributed by atoms with Gasteiger partial charge in [-0.15, -0.1) is 0 Å². The lowest BCUT2D eigenvalue weighted by Crippen LogP contribution is -2.35. The lowest BCUT2D eigenvalue weighted by atomic mass is 10.1. The third kappa shape index (κ3) is 5.46. The number of aromatic nitrogens is 5. The van der Waals surface area contributed by atoms with E-state index in [2.05, 4.69) is 20.1 Å². The average Bonchev–Trinajstić information content (AvgIpc) is 3.32. The summed E-state index contributed by atoms with van der Waals surface area (Å²) >= 11 is 5.91. The van der Waals surface area contributed by atoms with Crippen LogP contribution in [-0.4, -0.2) is 35.5 Å². The molecular weight excluding hydrogens is 488 g/mol. The van der Waals surface area contributed by atoms with E-state index in [0.717, 1.165) is 18.2 Å². The smallest absolute Gasteiger partial charge is 0.324 e. The van der Waals surface area contributed by atoms with E-state index in [9.17, 15) is 22.4 Å². The Labute approximate surface area is 202 Å². The Hall–Kier alpha value is -3.86. The van der Waals surface area contributed by atoms with Crippen molar-refractivity contribution in [3.8, 4) is 5.95 Å². The van der Waals surface area contributed by atoms with Crippen LogP contribution in [0.3, 0.4) is 0 Å². The molecule has 0 aliphatic heterocycles. The summed E-state index contributed by atoms with van der Waals surface area (Å²) in [6.07, 6.45) is -0.433. The first-order valence-electron chi connectivity index (χ1n) is 10.2. The second-order valence-corrected chi connectivity index (χ2v) is 7.98. The summed E-state index contributed by atoms with van der Waals surface area (Å²) in [4.78, 5) is 27.4. The number of nitrogens with zero attached hydrogens (tertiary/aromatic N) is 6. The van der Waals surface area contributed by atoms with Gasteiger partial charge in [0.25, 0.3) is 11.9 Å². The Kier molecular flexibility index (Phi) is 6.79. The molecule has 0 aliphatic rings. The first kappa shape index (κ1) is 24.3. The summed E-state index contributed by atoms with van der Waals surface area (Å²) in [6.45, 7) is 1.58. The van der Waals surface area contributed by atoms with Gasteiger partial charge in [0.15, 0.2) is 5.82 Å². The lowest BCUT2D eigenvalue weighted by molar-refractivity contribution is -0.137. The van der Waals surface area contributed by atoms with Crippen molar-refractivity contribution in [1.29, 1.82) is 0 Å². The molecule has 2 aromatic carbocycles. The van der Waals surface area contributed by atoms with Crippen LogP contribution in [0.5, 0.6) is 0 Å². The van der Waals surface area contributed by atoms with Crippen LogP contribution in [0.4, 0.5) is 17.6 Å². The van der Waals surface area contributed by atoms with Gasteiger partial charge in [0.1, 0.15) is 12.1 Å². The van der Waals surface area contributed by atoms with E-state index in [0.29, 0.717) is 5.56 Å². The van der Waals surface area contributed by atoms with Crippen LogP contribution in [0.1, 0.15) is 40.3 Å². The van der Waals surface area contributed by atoms with Crippen molar-refractivity contribution < 1.29 is 22.4 Å². The number of rotatable bonds is 6. The molecule has 0 saturated carbocycles. The van der Waals surface area contributed by atoms with E-state index >= 15 is 0 Å². The fraction of sp³-hybridized carbons (Fsp3) is 0.174. The van der Waals surface area contributed by atoms with E-state index in [-0.39, 0.29) is 28.9 Å². The minimum atomic E-state index is -4.70. The molecule has 0 bridgehead atoms. The second-order valence-electron chi connectivity index (χ2n) is 7.54. The molecule has 180 valence electrons. The van der Waals surface area contributed by atoms with Gasteiger partial charge in [-0.05, 0) is 48.9 Å². The lowest BCUT2D eigenvalue weighted by Gasteiger charge is -2.29. The molecule has 2 aromatic heterocycles. The topological polar surface area (TPSA) is 76.8 Å². The predicted octanol–water partition coefficient (Wildman–Crippen LogP) is 5.27. The zero-order valence-corrected chi connectivity index (χ0v) is 18.9. The predicted molar refractivity (Wildman–Crippen MR) is 118 cm³/mol. The molecule has 1 amide bonds. The number of amides is 1. The molecule has 35 heavy (non-hydrogen) atoms. The molecule has 1 unspecified atom stereocenters. The number of benzene rings is 2. The van der Waals surface area contributed by atoms with Crippen molar-refractivity contribution in [3.05, 3.63) is 101 Å². The summed E-state index contributed by atoms with van der Waals surface area (Å²) in [7, 11) is 0. The van der Waals surface area contributed by atoms with Gasteiger partial charge in [0.2, 0.25) is 0 Å². The highest BCUT2D eigenvalue weighted by atomic mass is 35.5. The Bertz CT molecular complexity index is 1330. The third-order valence-corrected chi connectivity index (χ3v) is 5.37. The van der Waals surface area contributed by atoms with Crippen molar-refractivity contribution in [2.45, 2.75) is 25.7 Å². The van der Waals surface area contributed by atoms with Crippen molar-refractivity contribution in [1.82, 2.24) is 29.6 Å². The Morgan fingerprint density at radius 1 is 1.09 bits per heavy atom. The van der Waals surface area contributed by atoms with Crippen LogP contribution in [0.15, 0.2) is 67.3 Å². The normalized spacial score (nSPS) is 12.4. The largest absolute Gasteiger partial charge is 0.416 e. The van der Waals surface area contributed by atoms with E-state index < -0.39 is 29.5 Å². The van der Waals surface area contributed by atoms with Gasteiger partial charge in [-0.25, -0.2) is 19.3 Å². The van der Waals surface area contributed by atoms with Gasteiger partial charge in [0, 0.05) is 29.5 Å². The zero-order chi connectivity index (χ0) is 25.2. The number of carbonyl (C=O) groups excluding carboxylic acids is 1. The minimum absolute atomic E-state index is 0.0589. The second kappa shape index (κ2) is 9.79. The monoisotopic (exact) mass is 504 g/mol. The molecule has 0 fully saturated rings. The summed E-state index contributed by atoms with van der Waals surface area (Å²) in [5.74, 6) is -0.739. The average molecular weight is 505 g/mol. The molecule has 4 aromatic rings. The standard InChI is InChI=1S/C23H17ClF4N6O/c1-14(20-31-13-32-34(20)22-29-7-2-8-30-22)33(12-15-3-5-19(25)6-4-15)21(35)16-9-17(23(26,27)28)11-18(24)10-16/h2-11,13-14H,12H2,1H3. The number of halogens is 5. The van der Waals surface area contributed by atoms with Gasteiger partial charge in [-0.3, -0.25) is 4.79 Å². The van der Waals surface area contributed by atoms with Crippen molar-refractivity contribution in [3.63, 3.8) is 0 Å².